The molecule has 1 N–H and O–H groups in total. The third-order valence-electron chi connectivity index (χ3n) is 4.37. The molecule has 0 bridgehead atoms. The van der Waals surface area contributed by atoms with E-state index in [0.717, 1.165) is 10.9 Å². The molecule has 0 unspecified atom stereocenters. The van der Waals surface area contributed by atoms with E-state index < -0.39 is 5.97 Å². The third kappa shape index (κ3) is 2.57. The van der Waals surface area contributed by atoms with E-state index in [9.17, 15) is 9.90 Å². The van der Waals surface area contributed by atoms with Gasteiger partial charge in [-0.25, -0.2) is 9.78 Å². The number of ether oxygens (including phenoxy) is 1. The standard InChI is InChI=1S/C20H14ClNO4/c1-10-15(21)5-4-13-14(20(23)24)9-16(22-19(10)13)18-8-11-7-12(25-2)3-6-17(11)26-18/h3-9H,1-2H3,(H,23,24). The number of benzene rings is 2. The van der Waals surface area contributed by atoms with Gasteiger partial charge in [-0.1, -0.05) is 17.7 Å². The van der Waals surface area contributed by atoms with E-state index in [0.29, 0.717) is 38.7 Å². The number of aromatic nitrogens is 1. The quantitative estimate of drug-likeness (QED) is 0.530. The Morgan fingerprint density at radius 2 is 2.00 bits per heavy atom. The maximum Gasteiger partial charge on any atom is 0.336 e. The highest BCUT2D eigenvalue weighted by atomic mass is 35.5. The van der Waals surface area contributed by atoms with Crippen LogP contribution in [0.1, 0.15) is 15.9 Å². The van der Waals surface area contributed by atoms with Gasteiger partial charge in [-0.3, -0.25) is 0 Å². The fourth-order valence-corrected chi connectivity index (χ4v) is 3.13. The largest absolute Gasteiger partial charge is 0.497 e. The molecule has 0 atom stereocenters. The highest BCUT2D eigenvalue weighted by Gasteiger charge is 2.17. The van der Waals surface area contributed by atoms with Crippen LogP contribution in [0.2, 0.25) is 5.02 Å². The van der Waals surface area contributed by atoms with Gasteiger partial charge in [0.15, 0.2) is 5.76 Å². The first-order valence-electron chi connectivity index (χ1n) is 7.89. The molecule has 0 fully saturated rings. The second-order valence-corrected chi connectivity index (χ2v) is 6.35. The minimum atomic E-state index is -1.03. The van der Waals surface area contributed by atoms with Crippen molar-refractivity contribution in [2.75, 3.05) is 7.11 Å². The average molecular weight is 368 g/mol. The lowest BCUT2D eigenvalue weighted by Crippen LogP contribution is -2.01. The molecular formula is C20H14ClNO4. The number of fused-ring (bicyclic) bond motifs is 2. The maximum absolute atomic E-state index is 11.7. The van der Waals surface area contributed by atoms with Gasteiger partial charge in [0.05, 0.1) is 18.2 Å². The summed E-state index contributed by atoms with van der Waals surface area (Å²) in [6.07, 6.45) is 0. The molecule has 2 aromatic carbocycles. The molecule has 0 amide bonds. The van der Waals surface area contributed by atoms with Crippen LogP contribution in [0.25, 0.3) is 33.3 Å². The molecular weight excluding hydrogens is 354 g/mol. The molecule has 0 saturated carbocycles. The fourth-order valence-electron chi connectivity index (χ4n) is 2.98. The number of aryl methyl sites for hydroxylation is 1. The van der Waals surface area contributed by atoms with Gasteiger partial charge < -0.3 is 14.3 Å². The van der Waals surface area contributed by atoms with Crippen LogP contribution in [-0.2, 0) is 0 Å². The van der Waals surface area contributed by atoms with Crippen LogP contribution in [0.4, 0.5) is 0 Å². The van der Waals surface area contributed by atoms with Crippen LogP contribution < -0.4 is 4.74 Å². The Kier molecular flexibility index (Phi) is 3.81. The van der Waals surface area contributed by atoms with Gasteiger partial charge in [-0.15, -0.1) is 0 Å². The van der Waals surface area contributed by atoms with E-state index in [1.807, 2.05) is 19.1 Å². The highest BCUT2D eigenvalue weighted by Crippen LogP contribution is 2.33. The van der Waals surface area contributed by atoms with Gasteiger partial charge in [-0.05, 0) is 48.9 Å². The molecule has 0 aliphatic rings. The molecule has 26 heavy (non-hydrogen) atoms. The van der Waals surface area contributed by atoms with Gasteiger partial charge in [-0.2, -0.15) is 0 Å². The lowest BCUT2D eigenvalue weighted by atomic mass is 10.0. The summed E-state index contributed by atoms with van der Waals surface area (Å²) in [5, 5.41) is 11.5. The number of carboxylic acid groups (broad SMARTS) is 1. The van der Waals surface area contributed by atoms with Crippen molar-refractivity contribution in [3.8, 4) is 17.2 Å². The van der Waals surface area contributed by atoms with E-state index in [2.05, 4.69) is 4.98 Å². The molecule has 4 aromatic rings. The molecule has 5 nitrogen and oxygen atoms in total. The predicted octanol–water partition coefficient (Wildman–Crippen LogP) is 5.32. The topological polar surface area (TPSA) is 72.6 Å². The number of hydrogen-bond acceptors (Lipinski definition) is 4. The molecule has 0 aliphatic carbocycles. The zero-order valence-electron chi connectivity index (χ0n) is 14.0. The van der Waals surface area contributed by atoms with Crippen molar-refractivity contribution in [1.29, 1.82) is 0 Å². The summed E-state index contributed by atoms with van der Waals surface area (Å²) in [5.74, 6) is 0.167. The predicted molar refractivity (Wildman–Crippen MR) is 100 cm³/mol. The van der Waals surface area contributed by atoms with Crippen LogP contribution in [0.3, 0.4) is 0 Å². The molecule has 130 valence electrons. The fraction of sp³-hybridized carbons (Fsp3) is 0.100. The molecule has 4 rings (SSSR count). The summed E-state index contributed by atoms with van der Waals surface area (Å²) in [7, 11) is 1.60. The number of carboxylic acids is 1. The van der Waals surface area contributed by atoms with Gasteiger partial charge in [0, 0.05) is 15.8 Å². The number of furan rings is 1. The van der Waals surface area contributed by atoms with Crippen molar-refractivity contribution < 1.29 is 19.1 Å². The Bertz CT molecular complexity index is 1180. The third-order valence-corrected chi connectivity index (χ3v) is 4.78. The van der Waals surface area contributed by atoms with E-state index in [4.69, 9.17) is 20.8 Å². The van der Waals surface area contributed by atoms with E-state index in [1.165, 1.54) is 6.07 Å². The Morgan fingerprint density at radius 3 is 2.73 bits per heavy atom. The highest BCUT2D eigenvalue weighted by molar-refractivity contribution is 6.32. The number of rotatable bonds is 3. The smallest absolute Gasteiger partial charge is 0.336 e. The van der Waals surface area contributed by atoms with Crippen molar-refractivity contribution in [1.82, 2.24) is 4.98 Å². The Hall–Kier alpha value is -3.05. The van der Waals surface area contributed by atoms with Crippen molar-refractivity contribution in [2.24, 2.45) is 0 Å². The van der Waals surface area contributed by atoms with Crippen LogP contribution in [0.5, 0.6) is 5.75 Å². The molecule has 2 heterocycles. The maximum atomic E-state index is 11.7. The zero-order valence-corrected chi connectivity index (χ0v) is 14.8. The summed E-state index contributed by atoms with van der Waals surface area (Å²) in [5.41, 5.74) is 2.54. The molecule has 6 heteroatoms. The van der Waals surface area contributed by atoms with Gasteiger partial charge >= 0.3 is 5.97 Å². The minimum absolute atomic E-state index is 0.155. The minimum Gasteiger partial charge on any atom is -0.497 e. The first-order chi connectivity index (χ1) is 12.5. The second kappa shape index (κ2) is 6.04. The lowest BCUT2D eigenvalue weighted by Gasteiger charge is -2.08. The molecule has 2 aromatic heterocycles. The number of hydrogen-bond donors (Lipinski definition) is 1. The van der Waals surface area contributed by atoms with Crippen LogP contribution in [0.15, 0.2) is 46.9 Å². The van der Waals surface area contributed by atoms with Gasteiger partial charge in [0.1, 0.15) is 17.0 Å². The SMILES string of the molecule is COc1ccc2oc(-c3cc(C(=O)O)c4ccc(Cl)c(C)c4n3)cc2c1. The normalized spacial score (nSPS) is 11.2. The van der Waals surface area contributed by atoms with Crippen molar-refractivity contribution in [3.63, 3.8) is 0 Å². The van der Waals surface area contributed by atoms with E-state index in [-0.39, 0.29) is 5.56 Å². The Labute approximate surface area is 153 Å². The average Bonchev–Trinajstić information content (AvgIpc) is 3.07. The lowest BCUT2D eigenvalue weighted by molar-refractivity contribution is 0.0699. The van der Waals surface area contributed by atoms with Crippen LogP contribution in [0, 0.1) is 6.92 Å². The van der Waals surface area contributed by atoms with Crippen molar-refractivity contribution >= 4 is 39.4 Å². The van der Waals surface area contributed by atoms with E-state index >= 15 is 0 Å². The summed E-state index contributed by atoms with van der Waals surface area (Å²) in [6.45, 7) is 1.82. The summed E-state index contributed by atoms with van der Waals surface area (Å²) < 4.78 is 11.1. The second-order valence-electron chi connectivity index (χ2n) is 5.94. The van der Waals surface area contributed by atoms with Gasteiger partial charge in [0.25, 0.3) is 0 Å². The molecule has 0 radical (unpaired) electrons. The van der Waals surface area contributed by atoms with Crippen molar-refractivity contribution in [2.45, 2.75) is 6.92 Å². The number of pyridine rings is 1. The first kappa shape index (κ1) is 16.4. The van der Waals surface area contributed by atoms with Crippen LogP contribution >= 0.6 is 11.6 Å². The van der Waals surface area contributed by atoms with Crippen molar-refractivity contribution in [3.05, 3.63) is 58.6 Å². The number of methoxy groups -OCH3 is 1. The number of aromatic carboxylic acids is 1. The number of halogens is 1. The van der Waals surface area contributed by atoms with Crippen LogP contribution in [-0.4, -0.2) is 23.2 Å². The molecule has 0 aliphatic heterocycles. The monoisotopic (exact) mass is 367 g/mol. The Balaban J connectivity index is 1.99. The summed E-state index contributed by atoms with van der Waals surface area (Å²) >= 11 is 6.19. The van der Waals surface area contributed by atoms with E-state index in [1.54, 1.807) is 31.4 Å². The summed E-state index contributed by atoms with van der Waals surface area (Å²) in [4.78, 5) is 16.4. The molecule has 0 spiro atoms. The Morgan fingerprint density at radius 1 is 1.19 bits per heavy atom. The summed E-state index contributed by atoms with van der Waals surface area (Å²) in [6, 6.07) is 12.2. The van der Waals surface area contributed by atoms with Gasteiger partial charge in [0.2, 0.25) is 0 Å². The number of nitrogens with zero attached hydrogens (tertiary/aromatic N) is 1. The number of carbonyl (C=O) groups is 1. The first-order valence-corrected chi connectivity index (χ1v) is 8.27. The zero-order chi connectivity index (χ0) is 18.4. The molecule has 0 saturated heterocycles.